The van der Waals surface area contributed by atoms with Gasteiger partial charge in [0, 0.05) is 66.2 Å². The summed E-state index contributed by atoms with van der Waals surface area (Å²) in [5.74, 6) is 1.92. The van der Waals surface area contributed by atoms with Crippen molar-refractivity contribution in [2.45, 2.75) is 38.6 Å². The predicted molar refractivity (Wildman–Crippen MR) is 117 cm³/mol. The van der Waals surface area contributed by atoms with Gasteiger partial charge in [-0.05, 0) is 37.9 Å². The van der Waals surface area contributed by atoms with Gasteiger partial charge in [-0.2, -0.15) is 0 Å². The van der Waals surface area contributed by atoms with E-state index >= 15 is 0 Å². The molecule has 0 atom stereocenters. The Morgan fingerprint density at radius 3 is 2.61 bits per heavy atom. The van der Waals surface area contributed by atoms with Crippen LogP contribution in [0.1, 0.15) is 37.7 Å². The smallest absolute Gasteiger partial charge is 0.191 e. The van der Waals surface area contributed by atoms with E-state index in [2.05, 4.69) is 49.6 Å². The van der Waals surface area contributed by atoms with Gasteiger partial charge in [0.1, 0.15) is 5.82 Å². The summed E-state index contributed by atoms with van der Waals surface area (Å²) in [6.45, 7) is 6.65. The molecule has 0 amide bonds. The van der Waals surface area contributed by atoms with E-state index in [0.29, 0.717) is 0 Å². The molecule has 0 aliphatic carbocycles. The van der Waals surface area contributed by atoms with Crippen LogP contribution in [0, 0.1) is 0 Å². The van der Waals surface area contributed by atoms with Crippen molar-refractivity contribution in [3.05, 3.63) is 23.9 Å². The molecule has 0 unspecified atom stereocenters. The fourth-order valence-electron chi connectivity index (χ4n) is 3.37. The Morgan fingerprint density at radius 2 is 1.96 bits per heavy atom. The number of nitrogens with zero attached hydrogens (tertiary/aromatic N) is 4. The average Bonchev–Trinajstić information content (AvgIpc) is 3.01. The van der Waals surface area contributed by atoms with Gasteiger partial charge >= 0.3 is 0 Å². The van der Waals surface area contributed by atoms with Crippen LogP contribution in [0.4, 0.5) is 5.82 Å². The minimum Gasteiger partial charge on any atom is -0.385 e. The van der Waals surface area contributed by atoms with Crippen molar-refractivity contribution in [1.82, 2.24) is 20.5 Å². The van der Waals surface area contributed by atoms with E-state index in [1.165, 1.54) is 31.2 Å². The Kier molecular flexibility index (Phi) is 10.7. The first-order chi connectivity index (χ1) is 13.7. The van der Waals surface area contributed by atoms with Crippen molar-refractivity contribution in [3.63, 3.8) is 0 Å². The second-order valence-electron chi connectivity index (χ2n) is 7.43. The summed E-state index contributed by atoms with van der Waals surface area (Å²) in [6, 6.07) is 4.31. The Morgan fingerprint density at radius 1 is 1.18 bits per heavy atom. The first-order valence-corrected chi connectivity index (χ1v) is 10.5. The van der Waals surface area contributed by atoms with Crippen molar-refractivity contribution in [2.24, 2.45) is 4.99 Å². The molecular formula is C21H38N6O. The topological polar surface area (TPSA) is 65.0 Å². The van der Waals surface area contributed by atoms with Crippen molar-refractivity contribution in [2.75, 3.05) is 65.4 Å². The highest BCUT2D eigenvalue weighted by Crippen LogP contribution is 2.17. The fraction of sp³-hybridized carbons (Fsp3) is 0.714. The van der Waals surface area contributed by atoms with E-state index in [4.69, 9.17) is 4.74 Å². The molecule has 1 aliphatic rings. The van der Waals surface area contributed by atoms with Gasteiger partial charge < -0.3 is 25.2 Å². The maximum atomic E-state index is 5.09. The number of aromatic nitrogens is 1. The lowest BCUT2D eigenvalue weighted by atomic mass is 10.2. The highest BCUT2D eigenvalue weighted by Gasteiger charge is 2.10. The summed E-state index contributed by atoms with van der Waals surface area (Å²) in [5, 5.41) is 6.74. The second kappa shape index (κ2) is 13.3. The molecule has 158 valence electrons. The van der Waals surface area contributed by atoms with Crippen LogP contribution in [-0.2, 0) is 11.3 Å². The Balaban J connectivity index is 1.69. The fourth-order valence-corrected chi connectivity index (χ4v) is 3.37. The average molecular weight is 391 g/mol. The van der Waals surface area contributed by atoms with Crippen LogP contribution in [0.25, 0.3) is 0 Å². The first kappa shape index (κ1) is 22.4. The Hall–Kier alpha value is -1.86. The van der Waals surface area contributed by atoms with Gasteiger partial charge in [-0.15, -0.1) is 0 Å². The number of pyridine rings is 1. The molecule has 1 saturated heterocycles. The molecule has 0 radical (unpaired) electrons. The standard InChI is InChI=1S/C21H38N6O/c1-22-21(23-11-15-26(2)12-8-16-28-3)25-18-19-9-10-20(24-17-19)27-13-6-4-5-7-14-27/h9-10,17H,4-8,11-16,18H2,1-3H3,(H2,22,23,25). The van der Waals surface area contributed by atoms with Crippen molar-refractivity contribution < 1.29 is 4.74 Å². The number of methoxy groups -OCH3 is 1. The van der Waals surface area contributed by atoms with E-state index in [1.807, 2.05) is 6.20 Å². The zero-order valence-corrected chi connectivity index (χ0v) is 17.9. The third-order valence-corrected chi connectivity index (χ3v) is 5.10. The molecule has 0 spiro atoms. The normalized spacial score (nSPS) is 15.6. The van der Waals surface area contributed by atoms with E-state index in [-0.39, 0.29) is 0 Å². The molecule has 0 saturated carbocycles. The summed E-state index contributed by atoms with van der Waals surface area (Å²) in [7, 11) is 5.68. The molecule has 1 aromatic rings. The molecule has 2 heterocycles. The van der Waals surface area contributed by atoms with Crippen LogP contribution in [0.5, 0.6) is 0 Å². The summed E-state index contributed by atoms with van der Waals surface area (Å²) in [6.07, 6.45) is 8.26. The number of anilines is 1. The van der Waals surface area contributed by atoms with Gasteiger partial charge in [0.05, 0.1) is 0 Å². The summed E-state index contributed by atoms with van der Waals surface area (Å²) < 4.78 is 5.09. The number of guanidine groups is 1. The monoisotopic (exact) mass is 390 g/mol. The van der Waals surface area contributed by atoms with E-state index in [0.717, 1.165) is 64.1 Å². The number of ether oxygens (including phenoxy) is 1. The molecule has 1 aromatic heterocycles. The van der Waals surface area contributed by atoms with Crippen LogP contribution in [0.15, 0.2) is 23.3 Å². The highest BCUT2D eigenvalue weighted by atomic mass is 16.5. The second-order valence-corrected chi connectivity index (χ2v) is 7.43. The molecule has 28 heavy (non-hydrogen) atoms. The van der Waals surface area contributed by atoms with Crippen molar-refractivity contribution in [3.8, 4) is 0 Å². The van der Waals surface area contributed by atoms with Crippen LogP contribution in [0.3, 0.4) is 0 Å². The Labute approximate surface area is 170 Å². The van der Waals surface area contributed by atoms with E-state index in [9.17, 15) is 0 Å². The van der Waals surface area contributed by atoms with Gasteiger partial charge in [-0.1, -0.05) is 18.9 Å². The van der Waals surface area contributed by atoms with E-state index < -0.39 is 0 Å². The largest absolute Gasteiger partial charge is 0.385 e. The molecule has 1 aliphatic heterocycles. The van der Waals surface area contributed by atoms with Gasteiger partial charge in [-0.25, -0.2) is 4.98 Å². The quantitative estimate of drug-likeness (QED) is 0.362. The van der Waals surface area contributed by atoms with Gasteiger partial charge in [0.25, 0.3) is 0 Å². The lowest BCUT2D eigenvalue weighted by Gasteiger charge is -2.21. The number of hydrogen-bond donors (Lipinski definition) is 2. The van der Waals surface area contributed by atoms with Crippen LogP contribution >= 0.6 is 0 Å². The molecule has 7 heteroatoms. The summed E-state index contributed by atoms with van der Waals surface area (Å²) >= 11 is 0. The van der Waals surface area contributed by atoms with Gasteiger partial charge in [-0.3, -0.25) is 4.99 Å². The van der Waals surface area contributed by atoms with Gasteiger partial charge in [0.2, 0.25) is 0 Å². The molecule has 0 aromatic carbocycles. The molecular weight excluding hydrogens is 352 g/mol. The molecule has 1 fully saturated rings. The summed E-state index contributed by atoms with van der Waals surface area (Å²) in [5.41, 5.74) is 1.17. The lowest BCUT2D eigenvalue weighted by molar-refractivity contribution is 0.180. The third kappa shape index (κ3) is 8.44. The minimum absolute atomic E-state index is 0.719. The molecule has 2 rings (SSSR count). The zero-order chi connectivity index (χ0) is 20.0. The Bertz CT molecular complexity index is 555. The maximum Gasteiger partial charge on any atom is 0.191 e. The molecule has 0 bridgehead atoms. The van der Waals surface area contributed by atoms with E-state index in [1.54, 1.807) is 14.2 Å². The minimum atomic E-state index is 0.719. The number of rotatable bonds is 10. The predicted octanol–water partition coefficient (Wildman–Crippen LogP) is 2.10. The SMILES string of the molecule is CN=C(NCCN(C)CCCOC)NCc1ccc(N2CCCCCC2)nc1. The van der Waals surface area contributed by atoms with Crippen molar-refractivity contribution >= 4 is 11.8 Å². The van der Waals surface area contributed by atoms with Gasteiger partial charge in [0.15, 0.2) is 5.96 Å². The number of aliphatic imine (C=N–C) groups is 1. The zero-order valence-electron chi connectivity index (χ0n) is 17.9. The number of hydrogen-bond acceptors (Lipinski definition) is 5. The highest BCUT2D eigenvalue weighted by molar-refractivity contribution is 5.79. The molecule has 7 nitrogen and oxygen atoms in total. The van der Waals surface area contributed by atoms with Crippen LogP contribution < -0.4 is 15.5 Å². The first-order valence-electron chi connectivity index (χ1n) is 10.5. The number of nitrogens with one attached hydrogen (secondary N) is 2. The van der Waals surface area contributed by atoms with Crippen molar-refractivity contribution in [1.29, 1.82) is 0 Å². The molecule has 2 N–H and O–H groups in total. The summed E-state index contributed by atoms with van der Waals surface area (Å²) in [4.78, 5) is 13.7. The van der Waals surface area contributed by atoms with Crippen LogP contribution in [-0.4, -0.2) is 76.4 Å². The maximum absolute atomic E-state index is 5.09. The number of likely N-dealkylation sites (N-methyl/N-ethyl adjacent to an activating group) is 1. The lowest BCUT2D eigenvalue weighted by Crippen LogP contribution is -2.40. The third-order valence-electron chi connectivity index (χ3n) is 5.10. The van der Waals surface area contributed by atoms with Crippen LogP contribution in [0.2, 0.25) is 0 Å².